The Hall–Kier alpha value is 0.651. The van der Waals surface area contributed by atoms with Gasteiger partial charge in [-0.2, -0.15) is 0 Å². The smallest absolute Gasteiger partial charge is 0.0416 e. The van der Waals surface area contributed by atoms with Crippen molar-refractivity contribution in [1.82, 2.24) is 0 Å². The molecule has 0 aliphatic heterocycles. The molecule has 0 atom stereocenters. The van der Waals surface area contributed by atoms with Crippen LogP contribution in [0.25, 0.3) is 0 Å². The Bertz CT molecular complexity index is 126. The molecule has 0 spiro atoms. The molecule has 0 aromatic carbocycles. The van der Waals surface area contributed by atoms with Gasteiger partial charge in [-0.3, -0.25) is 0 Å². The summed E-state index contributed by atoms with van der Waals surface area (Å²) in [6, 6.07) is 0. The van der Waals surface area contributed by atoms with Crippen LogP contribution >= 0.6 is 0 Å². The summed E-state index contributed by atoms with van der Waals surface area (Å²) in [5.41, 5.74) is 1.57. The van der Waals surface area contributed by atoms with Crippen molar-refractivity contribution in [1.29, 1.82) is 0 Å². The zero-order valence-electron chi connectivity index (χ0n) is 12.2. The molecule has 0 N–H and O–H groups in total. The Morgan fingerprint density at radius 3 is 0.667 bits per heavy atom. The van der Waals surface area contributed by atoms with Gasteiger partial charge in [0.2, 0.25) is 0 Å². The lowest BCUT2D eigenvalue weighted by Crippen LogP contribution is -2.34. The SMILES string of the molecule is C.C[Si](C)(C)C.C[Si](C)(C)C[Si](C)(C)C. The van der Waals surface area contributed by atoms with Crippen LogP contribution in [0.15, 0.2) is 0 Å². The molecule has 0 rings (SSSR count). The van der Waals surface area contributed by atoms with Crippen molar-refractivity contribution in [3.05, 3.63) is 0 Å². The van der Waals surface area contributed by atoms with Crippen LogP contribution in [0, 0.1) is 0 Å². The van der Waals surface area contributed by atoms with Crippen LogP contribution in [0.1, 0.15) is 7.43 Å². The fraction of sp³-hybridized carbons (Fsp3) is 1.00. The first-order valence-electron chi connectivity index (χ1n) is 5.71. The Labute approximate surface area is 103 Å². The van der Waals surface area contributed by atoms with Crippen LogP contribution in [-0.2, 0) is 0 Å². The van der Waals surface area contributed by atoms with E-state index >= 15 is 0 Å². The summed E-state index contributed by atoms with van der Waals surface area (Å²) in [6.45, 7) is 24.1. The fourth-order valence-corrected chi connectivity index (χ4v) is 14.3. The molecule has 0 aromatic rings. The first kappa shape index (κ1) is 21.0. The van der Waals surface area contributed by atoms with Crippen molar-refractivity contribution >= 4 is 24.2 Å². The van der Waals surface area contributed by atoms with Gasteiger partial charge in [0.1, 0.15) is 0 Å². The Morgan fingerprint density at radius 1 is 0.533 bits per heavy atom. The Morgan fingerprint density at radius 2 is 0.667 bits per heavy atom. The molecule has 0 heterocycles. The zero-order valence-corrected chi connectivity index (χ0v) is 15.2. The monoisotopic (exact) mass is 264 g/mol. The van der Waals surface area contributed by atoms with E-state index in [4.69, 9.17) is 0 Å². The molecule has 0 unspecified atom stereocenters. The highest BCUT2D eigenvalue weighted by atomic mass is 28.4. The lowest BCUT2D eigenvalue weighted by Gasteiger charge is -2.25. The summed E-state index contributed by atoms with van der Waals surface area (Å²) in [7, 11) is -2.07. The zero-order chi connectivity index (χ0) is 12.2. The van der Waals surface area contributed by atoms with Crippen LogP contribution in [0.3, 0.4) is 0 Å². The van der Waals surface area contributed by atoms with Crippen molar-refractivity contribution in [3.63, 3.8) is 0 Å². The molecule has 3 heteroatoms. The summed E-state index contributed by atoms with van der Waals surface area (Å²) in [4.78, 5) is 0. The molecule has 15 heavy (non-hydrogen) atoms. The minimum atomic E-state index is -0.731. The van der Waals surface area contributed by atoms with E-state index in [2.05, 4.69) is 65.5 Å². The van der Waals surface area contributed by atoms with E-state index in [9.17, 15) is 0 Å². The van der Waals surface area contributed by atoms with E-state index in [1.165, 1.54) is 0 Å². The van der Waals surface area contributed by atoms with E-state index in [1.54, 1.807) is 5.67 Å². The van der Waals surface area contributed by atoms with Crippen molar-refractivity contribution in [2.45, 2.75) is 78.6 Å². The molecule has 96 valence electrons. The summed E-state index contributed by atoms with van der Waals surface area (Å²) < 4.78 is 0. The van der Waals surface area contributed by atoms with Crippen molar-refractivity contribution in [2.24, 2.45) is 0 Å². The normalized spacial score (nSPS) is 12.4. The molecular formula is C12H36Si3. The standard InChI is InChI=1S/C7H20Si2.C4H12Si.CH4/c1-8(2,3)7-9(4,5)6;1-5(2,3)4;/h7H2,1-6H3;1-4H3;1H4. The minimum Gasteiger partial charge on any atom is -0.0776 e. The summed E-state index contributed by atoms with van der Waals surface area (Å²) >= 11 is 0. The molecule has 0 aliphatic carbocycles. The van der Waals surface area contributed by atoms with Gasteiger partial charge in [0.25, 0.3) is 0 Å². The largest absolute Gasteiger partial charge is 0.0776 e. The number of hydrogen-bond donors (Lipinski definition) is 0. The maximum Gasteiger partial charge on any atom is 0.0416 e. The number of hydrogen-bond acceptors (Lipinski definition) is 0. The summed E-state index contributed by atoms with van der Waals surface area (Å²) in [5, 5.41) is 0. The molecule has 0 aromatic heterocycles. The van der Waals surface area contributed by atoms with E-state index < -0.39 is 24.2 Å². The van der Waals surface area contributed by atoms with Gasteiger partial charge in [-0.25, -0.2) is 0 Å². The molecule has 0 amide bonds. The van der Waals surface area contributed by atoms with Crippen LogP contribution in [0.2, 0.25) is 71.1 Å². The first-order valence-corrected chi connectivity index (χ1v) is 17.1. The maximum absolute atomic E-state index is 2.46. The highest BCUT2D eigenvalue weighted by Gasteiger charge is 2.23. The van der Waals surface area contributed by atoms with Gasteiger partial charge in [-0.1, -0.05) is 78.6 Å². The van der Waals surface area contributed by atoms with E-state index in [0.29, 0.717) is 0 Å². The topological polar surface area (TPSA) is 0 Å². The average Bonchev–Trinajstić information content (AvgIpc) is 1.42. The van der Waals surface area contributed by atoms with Gasteiger partial charge in [0.15, 0.2) is 0 Å². The molecule has 0 radical (unpaired) electrons. The lowest BCUT2D eigenvalue weighted by atomic mass is 11.7. The average molecular weight is 265 g/mol. The molecule has 0 bridgehead atoms. The van der Waals surface area contributed by atoms with Crippen molar-refractivity contribution in [2.75, 3.05) is 0 Å². The maximum atomic E-state index is 2.46. The van der Waals surface area contributed by atoms with Crippen molar-refractivity contribution in [3.8, 4) is 0 Å². The summed E-state index contributed by atoms with van der Waals surface area (Å²) in [5.74, 6) is 0. The second-order valence-corrected chi connectivity index (χ2v) is 26.0. The molecular weight excluding hydrogens is 228 g/mol. The first-order chi connectivity index (χ1) is 5.71. The van der Waals surface area contributed by atoms with E-state index in [0.717, 1.165) is 0 Å². The van der Waals surface area contributed by atoms with Crippen LogP contribution < -0.4 is 0 Å². The number of rotatable bonds is 2. The van der Waals surface area contributed by atoms with Crippen LogP contribution in [0.5, 0.6) is 0 Å². The fourth-order valence-electron chi connectivity index (χ4n) is 1.59. The van der Waals surface area contributed by atoms with Crippen molar-refractivity contribution < 1.29 is 0 Å². The van der Waals surface area contributed by atoms with E-state index in [1.807, 2.05) is 0 Å². The van der Waals surface area contributed by atoms with Crippen LogP contribution in [-0.4, -0.2) is 24.2 Å². The second kappa shape index (κ2) is 7.07. The lowest BCUT2D eigenvalue weighted by molar-refractivity contribution is 1.52. The third kappa shape index (κ3) is 53.0. The van der Waals surface area contributed by atoms with E-state index in [-0.39, 0.29) is 7.43 Å². The van der Waals surface area contributed by atoms with Gasteiger partial charge in [-0.05, 0) is 0 Å². The van der Waals surface area contributed by atoms with Gasteiger partial charge in [-0.15, -0.1) is 0 Å². The Kier molecular flexibility index (Phi) is 9.89. The predicted molar refractivity (Wildman–Crippen MR) is 87.4 cm³/mol. The highest BCUT2D eigenvalue weighted by molar-refractivity contribution is 6.94. The molecule has 0 nitrogen and oxygen atoms in total. The second-order valence-electron chi connectivity index (χ2n) is 8.30. The molecule has 0 saturated heterocycles. The minimum absolute atomic E-state index is 0. The third-order valence-corrected chi connectivity index (χ3v) is 9.55. The molecule has 0 saturated carbocycles. The highest BCUT2D eigenvalue weighted by Crippen LogP contribution is 2.18. The third-order valence-electron chi connectivity index (χ3n) is 1.06. The van der Waals surface area contributed by atoms with Gasteiger partial charge in [0.05, 0.1) is 0 Å². The molecule has 0 aliphatic rings. The molecule has 0 fully saturated rings. The predicted octanol–water partition coefficient (Wildman–Crippen LogP) is 5.79. The van der Waals surface area contributed by atoms with Crippen LogP contribution in [0.4, 0.5) is 0 Å². The van der Waals surface area contributed by atoms with Gasteiger partial charge in [0, 0.05) is 24.2 Å². The van der Waals surface area contributed by atoms with Gasteiger partial charge >= 0.3 is 0 Å². The Balaban J connectivity index is -0.000000208. The quantitative estimate of drug-likeness (QED) is 0.554. The summed E-state index contributed by atoms with van der Waals surface area (Å²) in [6.07, 6.45) is 0. The van der Waals surface area contributed by atoms with Gasteiger partial charge < -0.3 is 0 Å².